The number of aliphatic hydroxyl groups excluding tert-OH is 1. The average Bonchev–Trinajstić information content (AvgIpc) is 3.05. The molecule has 10 atom stereocenters. The lowest BCUT2D eigenvalue weighted by Crippen LogP contribution is -2.69. The van der Waals surface area contributed by atoms with Gasteiger partial charge in [-0.25, -0.2) is 0 Å². The quantitative estimate of drug-likeness (QED) is 0.463. The van der Waals surface area contributed by atoms with Crippen LogP contribution in [0.3, 0.4) is 0 Å². The van der Waals surface area contributed by atoms with Crippen LogP contribution in [0.1, 0.15) is 113 Å². The molecule has 0 bridgehead atoms. The normalized spacial score (nSPS) is 56.9. The Bertz CT molecular complexity index is 799. The van der Waals surface area contributed by atoms with Gasteiger partial charge in [0.15, 0.2) is 0 Å². The predicted molar refractivity (Wildman–Crippen MR) is 131 cm³/mol. The minimum atomic E-state index is -0.471. The van der Waals surface area contributed by atoms with E-state index < -0.39 is 6.10 Å². The van der Waals surface area contributed by atoms with E-state index in [1.54, 1.807) is 0 Å². The van der Waals surface area contributed by atoms with Gasteiger partial charge in [-0.05, 0) is 103 Å². The number of rotatable bonds is 1. The molecule has 5 saturated carbocycles. The van der Waals surface area contributed by atoms with Crippen LogP contribution in [0.25, 0.3) is 0 Å². The second kappa shape index (κ2) is 6.86. The fraction of sp³-hybridized carbons (Fsp3) is 0.967. The number of aliphatic hydroxyl groups is 1. The lowest BCUT2D eigenvalue weighted by molar-refractivity contribution is -0.255. The Hall–Kier alpha value is -0.370. The zero-order chi connectivity index (χ0) is 23.5. The average molecular weight is 443 g/mol. The molecular weight excluding hydrogens is 392 g/mol. The highest BCUT2D eigenvalue weighted by Crippen LogP contribution is 2.77. The fourth-order valence-electron chi connectivity index (χ4n) is 11.5. The SMILES string of the molecule is CC(C)[C@@H]1CC[C@]2(C)CC[C@]3(C)[C@H](CC[C@@H]4[C@@]5(C)C(O)CC(=O)C(C)(C)[C@@H]5CC[C@]43C)[C@@H]12. The Balaban J connectivity index is 1.57. The molecular formula is C30H50O2. The van der Waals surface area contributed by atoms with Crippen LogP contribution in [0.15, 0.2) is 0 Å². The maximum atomic E-state index is 13.0. The first-order valence-corrected chi connectivity index (χ1v) is 13.9. The molecule has 5 aliphatic carbocycles. The number of carbonyl (C=O) groups excluding carboxylic acids is 1. The zero-order valence-corrected chi connectivity index (χ0v) is 22.3. The molecule has 0 saturated heterocycles. The van der Waals surface area contributed by atoms with Crippen molar-refractivity contribution >= 4 is 5.78 Å². The molecule has 32 heavy (non-hydrogen) atoms. The highest BCUT2D eigenvalue weighted by atomic mass is 16.3. The summed E-state index contributed by atoms with van der Waals surface area (Å²) in [6, 6.07) is 0. The van der Waals surface area contributed by atoms with Crippen molar-refractivity contribution in [3.05, 3.63) is 0 Å². The monoisotopic (exact) mass is 442 g/mol. The summed E-state index contributed by atoms with van der Waals surface area (Å²) in [5.41, 5.74) is 0.738. The van der Waals surface area contributed by atoms with Gasteiger partial charge in [0.25, 0.3) is 0 Å². The number of ketones is 1. The molecule has 2 heteroatoms. The summed E-state index contributed by atoms with van der Waals surface area (Å²) >= 11 is 0. The van der Waals surface area contributed by atoms with Crippen LogP contribution >= 0.6 is 0 Å². The van der Waals surface area contributed by atoms with E-state index in [2.05, 4.69) is 55.4 Å². The second-order valence-electron chi connectivity index (χ2n) is 15.0. The number of hydrogen-bond donors (Lipinski definition) is 1. The highest BCUT2D eigenvalue weighted by molar-refractivity contribution is 5.86. The van der Waals surface area contributed by atoms with Crippen molar-refractivity contribution in [3.63, 3.8) is 0 Å². The van der Waals surface area contributed by atoms with E-state index in [4.69, 9.17) is 0 Å². The molecule has 0 aromatic heterocycles. The number of fused-ring (bicyclic) bond motifs is 7. The molecule has 5 rings (SSSR count). The van der Waals surface area contributed by atoms with Crippen LogP contribution in [0.5, 0.6) is 0 Å². The fourth-order valence-corrected chi connectivity index (χ4v) is 11.5. The van der Waals surface area contributed by atoms with Crippen molar-refractivity contribution in [1.82, 2.24) is 0 Å². The number of Topliss-reactive ketones (excluding diaryl/α,β-unsaturated/α-hetero) is 1. The molecule has 182 valence electrons. The largest absolute Gasteiger partial charge is 0.392 e. The van der Waals surface area contributed by atoms with Crippen molar-refractivity contribution < 1.29 is 9.90 Å². The summed E-state index contributed by atoms with van der Waals surface area (Å²) < 4.78 is 0. The van der Waals surface area contributed by atoms with E-state index in [9.17, 15) is 9.90 Å². The Kier molecular flexibility index (Phi) is 5.01. The van der Waals surface area contributed by atoms with E-state index in [1.165, 1.54) is 44.9 Å². The van der Waals surface area contributed by atoms with Crippen LogP contribution in [-0.2, 0) is 4.79 Å². The van der Waals surface area contributed by atoms with E-state index in [1.807, 2.05) is 0 Å². The topological polar surface area (TPSA) is 37.3 Å². The molecule has 2 nitrogen and oxygen atoms in total. The zero-order valence-electron chi connectivity index (χ0n) is 22.3. The molecule has 5 aliphatic rings. The van der Waals surface area contributed by atoms with E-state index in [0.29, 0.717) is 29.1 Å². The smallest absolute Gasteiger partial charge is 0.141 e. The minimum absolute atomic E-state index is 0.133. The third-order valence-corrected chi connectivity index (χ3v) is 13.6. The number of carbonyl (C=O) groups is 1. The van der Waals surface area contributed by atoms with Crippen molar-refractivity contribution in [1.29, 1.82) is 0 Å². The van der Waals surface area contributed by atoms with Gasteiger partial charge < -0.3 is 5.11 Å². The lowest BCUT2D eigenvalue weighted by atomic mass is 9.32. The molecule has 0 radical (unpaired) electrons. The third kappa shape index (κ3) is 2.60. The molecule has 0 amide bonds. The second-order valence-corrected chi connectivity index (χ2v) is 15.0. The summed E-state index contributed by atoms with van der Waals surface area (Å²) in [5, 5.41) is 11.5. The summed E-state index contributed by atoms with van der Waals surface area (Å²) in [5.74, 6) is 4.50. The van der Waals surface area contributed by atoms with Gasteiger partial charge in [0, 0.05) is 17.3 Å². The van der Waals surface area contributed by atoms with Crippen LogP contribution in [0.4, 0.5) is 0 Å². The molecule has 0 aromatic rings. The third-order valence-electron chi connectivity index (χ3n) is 13.6. The molecule has 0 aromatic carbocycles. The van der Waals surface area contributed by atoms with Crippen molar-refractivity contribution in [3.8, 4) is 0 Å². The molecule has 1 unspecified atom stereocenters. The van der Waals surface area contributed by atoms with Crippen LogP contribution in [-0.4, -0.2) is 17.0 Å². The minimum Gasteiger partial charge on any atom is -0.392 e. The first-order valence-electron chi connectivity index (χ1n) is 13.9. The molecule has 5 fully saturated rings. The van der Waals surface area contributed by atoms with Gasteiger partial charge in [-0.2, -0.15) is 0 Å². The Labute approximate surface area is 197 Å². The lowest BCUT2D eigenvalue weighted by Gasteiger charge is -2.73. The van der Waals surface area contributed by atoms with Crippen molar-refractivity contribution in [2.75, 3.05) is 0 Å². The molecule has 0 heterocycles. The van der Waals surface area contributed by atoms with Crippen LogP contribution < -0.4 is 0 Å². The van der Waals surface area contributed by atoms with Gasteiger partial charge in [0.2, 0.25) is 0 Å². The van der Waals surface area contributed by atoms with Gasteiger partial charge in [0.1, 0.15) is 5.78 Å². The van der Waals surface area contributed by atoms with Crippen LogP contribution in [0, 0.1) is 62.6 Å². The summed E-state index contributed by atoms with van der Waals surface area (Å²) in [6.07, 6.45) is 10.4. The molecule has 0 spiro atoms. The summed E-state index contributed by atoms with van der Waals surface area (Å²) in [4.78, 5) is 13.0. The van der Waals surface area contributed by atoms with Gasteiger partial charge >= 0.3 is 0 Å². The molecule has 1 N–H and O–H groups in total. The van der Waals surface area contributed by atoms with E-state index in [-0.39, 0.29) is 22.0 Å². The van der Waals surface area contributed by atoms with Gasteiger partial charge in [-0.1, -0.05) is 55.4 Å². The van der Waals surface area contributed by atoms with E-state index >= 15 is 0 Å². The van der Waals surface area contributed by atoms with Crippen LogP contribution in [0.2, 0.25) is 0 Å². The van der Waals surface area contributed by atoms with Crippen molar-refractivity contribution in [2.24, 2.45) is 62.6 Å². The Morgan fingerprint density at radius 2 is 1.50 bits per heavy atom. The predicted octanol–water partition coefficient (Wildman–Crippen LogP) is 7.28. The maximum Gasteiger partial charge on any atom is 0.141 e. The van der Waals surface area contributed by atoms with Crippen molar-refractivity contribution in [2.45, 2.75) is 119 Å². The Morgan fingerprint density at radius 1 is 0.812 bits per heavy atom. The van der Waals surface area contributed by atoms with Gasteiger partial charge in [-0.3, -0.25) is 4.79 Å². The molecule has 0 aliphatic heterocycles. The standard InChI is InChI=1S/C30H50O2/c1-18(2)19-11-13-27(5)15-16-28(6)20(25(19)27)9-10-22-29(28,7)14-12-21-26(3,4)23(31)17-24(32)30(21,22)8/h18-22,24-25,32H,9-17H2,1-8H3/t19-,20+,21-,22-,24?,25+,27+,28+,29+,30-/m0/s1. The summed E-state index contributed by atoms with van der Waals surface area (Å²) in [7, 11) is 0. The summed E-state index contributed by atoms with van der Waals surface area (Å²) in [6.45, 7) is 19.6. The maximum absolute atomic E-state index is 13.0. The first kappa shape index (κ1) is 23.4. The highest BCUT2D eigenvalue weighted by Gasteiger charge is 2.71. The number of hydrogen-bond acceptors (Lipinski definition) is 2. The van der Waals surface area contributed by atoms with Gasteiger partial charge in [0.05, 0.1) is 6.10 Å². The Morgan fingerprint density at radius 3 is 2.16 bits per heavy atom. The first-order chi connectivity index (χ1) is 14.7. The van der Waals surface area contributed by atoms with E-state index in [0.717, 1.165) is 30.1 Å². The van der Waals surface area contributed by atoms with Gasteiger partial charge in [-0.15, -0.1) is 0 Å².